The first-order valence-corrected chi connectivity index (χ1v) is 10.3. The highest BCUT2D eigenvalue weighted by Crippen LogP contribution is 2.43. The summed E-state index contributed by atoms with van der Waals surface area (Å²) < 4.78 is 6.21. The monoisotopic (exact) mass is 352 g/mol. The van der Waals surface area contributed by atoms with Gasteiger partial charge in [0.05, 0.1) is 4.58 Å². The van der Waals surface area contributed by atoms with Gasteiger partial charge in [0.1, 0.15) is 5.75 Å². The quantitative estimate of drug-likeness (QED) is 0.883. The van der Waals surface area contributed by atoms with Gasteiger partial charge < -0.3 is 15.4 Å². The van der Waals surface area contributed by atoms with Crippen LogP contribution >= 0.6 is 23.5 Å². The predicted molar refractivity (Wildman–Crippen MR) is 98.0 cm³/mol. The van der Waals surface area contributed by atoms with Gasteiger partial charge in [0, 0.05) is 19.1 Å². The fraction of sp³-hybridized carbons (Fsp3) is 0.588. The zero-order valence-corrected chi connectivity index (χ0v) is 14.9. The summed E-state index contributed by atoms with van der Waals surface area (Å²) in [6.45, 7) is 1.44. The van der Waals surface area contributed by atoms with Gasteiger partial charge in [-0.05, 0) is 48.5 Å². The number of benzene rings is 1. The van der Waals surface area contributed by atoms with Crippen molar-refractivity contribution in [2.75, 3.05) is 31.2 Å². The van der Waals surface area contributed by atoms with Crippen molar-refractivity contribution in [1.82, 2.24) is 4.90 Å². The number of nitrogens with zero attached hydrogens (tertiary/aromatic N) is 1. The number of carbonyl (C=O) groups excluding carboxylic acids is 1. The van der Waals surface area contributed by atoms with E-state index in [0.29, 0.717) is 11.1 Å². The van der Waals surface area contributed by atoms with Crippen molar-refractivity contribution in [3.63, 3.8) is 0 Å². The maximum Gasteiger partial charge on any atom is 0.260 e. The lowest BCUT2D eigenvalue weighted by Crippen LogP contribution is -2.42. The molecule has 2 N–H and O–H groups in total. The Morgan fingerprint density at radius 3 is 2.65 bits per heavy atom. The van der Waals surface area contributed by atoms with E-state index < -0.39 is 0 Å². The van der Waals surface area contributed by atoms with Gasteiger partial charge in [0.2, 0.25) is 0 Å². The number of carbonyl (C=O) groups is 1. The Morgan fingerprint density at radius 1 is 1.22 bits per heavy atom. The molecule has 0 bridgehead atoms. The Labute approximate surface area is 146 Å². The van der Waals surface area contributed by atoms with Crippen LogP contribution in [0, 0.1) is 0 Å². The summed E-state index contributed by atoms with van der Waals surface area (Å²) in [5.41, 5.74) is 7.05. The second-order valence-electron chi connectivity index (χ2n) is 5.90. The number of likely N-dealkylation sites (tertiary alicyclic amines) is 1. The highest BCUT2D eigenvalue weighted by molar-refractivity contribution is 8.16. The Hall–Kier alpha value is -0.850. The van der Waals surface area contributed by atoms with Crippen LogP contribution in [0.15, 0.2) is 24.3 Å². The van der Waals surface area contributed by atoms with E-state index in [-0.39, 0.29) is 18.6 Å². The molecule has 2 heterocycles. The molecule has 0 aromatic heterocycles. The molecule has 1 amide bonds. The third kappa shape index (κ3) is 4.37. The topological polar surface area (TPSA) is 55.6 Å². The van der Waals surface area contributed by atoms with Crippen molar-refractivity contribution in [2.24, 2.45) is 5.73 Å². The first-order valence-electron chi connectivity index (χ1n) is 8.23. The Balaban J connectivity index is 1.51. The summed E-state index contributed by atoms with van der Waals surface area (Å²) in [5.74, 6) is 3.28. The van der Waals surface area contributed by atoms with E-state index in [1.807, 2.05) is 40.6 Å². The first-order chi connectivity index (χ1) is 11.3. The molecule has 1 unspecified atom stereocenters. The van der Waals surface area contributed by atoms with Gasteiger partial charge in [-0.25, -0.2) is 0 Å². The summed E-state index contributed by atoms with van der Waals surface area (Å²) >= 11 is 4.02. The number of rotatable bonds is 5. The Morgan fingerprint density at radius 2 is 1.96 bits per heavy atom. The van der Waals surface area contributed by atoms with E-state index in [9.17, 15) is 4.79 Å². The molecule has 0 saturated carbocycles. The van der Waals surface area contributed by atoms with Crippen LogP contribution in [0.3, 0.4) is 0 Å². The molecule has 3 rings (SSSR count). The molecule has 0 radical (unpaired) electrons. The molecule has 4 nitrogen and oxygen atoms in total. The maximum atomic E-state index is 12.2. The number of hydrogen-bond donors (Lipinski definition) is 1. The van der Waals surface area contributed by atoms with Gasteiger partial charge in [-0.15, -0.1) is 23.5 Å². The van der Waals surface area contributed by atoms with Crippen molar-refractivity contribution in [2.45, 2.75) is 29.9 Å². The molecule has 0 aliphatic carbocycles. The Bertz CT molecular complexity index is 518. The standard InChI is InChI=1S/C17H24N2O2S2/c18-11-14-3-1-8-19(14)16(20)12-21-15-6-4-13(5-7-15)17-22-9-2-10-23-17/h4-7,14,17H,1-3,8-12,18H2. The Kier molecular flexibility index (Phi) is 6.14. The maximum absolute atomic E-state index is 12.2. The largest absolute Gasteiger partial charge is 0.484 e. The predicted octanol–water partition coefficient (Wildman–Crippen LogP) is 2.88. The highest BCUT2D eigenvalue weighted by atomic mass is 32.2. The molecule has 23 heavy (non-hydrogen) atoms. The second kappa shape index (κ2) is 8.31. The molecule has 2 aliphatic heterocycles. The molecule has 2 aliphatic rings. The lowest BCUT2D eigenvalue weighted by Gasteiger charge is -2.23. The summed E-state index contributed by atoms with van der Waals surface area (Å²) in [5, 5.41) is 0. The summed E-state index contributed by atoms with van der Waals surface area (Å²) in [7, 11) is 0. The minimum Gasteiger partial charge on any atom is -0.484 e. The van der Waals surface area contributed by atoms with Crippen molar-refractivity contribution in [1.29, 1.82) is 0 Å². The summed E-state index contributed by atoms with van der Waals surface area (Å²) in [6.07, 6.45) is 3.35. The number of hydrogen-bond acceptors (Lipinski definition) is 5. The molecule has 6 heteroatoms. The van der Waals surface area contributed by atoms with Crippen LogP contribution in [-0.4, -0.2) is 48.1 Å². The third-order valence-electron chi connectivity index (χ3n) is 4.31. The van der Waals surface area contributed by atoms with Gasteiger partial charge in [-0.1, -0.05) is 12.1 Å². The van der Waals surface area contributed by atoms with Crippen molar-refractivity contribution >= 4 is 29.4 Å². The van der Waals surface area contributed by atoms with Crippen LogP contribution in [0.25, 0.3) is 0 Å². The van der Waals surface area contributed by atoms with Gasteiger partial charge in [-0.3, -0.25) is 4.79 Å². The molecule has 0 spiro atoms. The van der Waals surface area contributed by atoms with Crippen LogP contribution in [0.2, 0.25) is 0 Å². The molecule has 1 atom stereocenters. The van der Waals surface area contributed by atoms with Gasteiger partial charge in [-0.2, -0.15) is 0 Å². The molecule has 1 aromatic carbocycles. The van der Waals surface area contributed by atoms with E-state index in [0.717, 1.165) is 25.1 Å². The average molecular weight is 353 g/mol. The highest BCUT2D eigenvalue weighted by Gasteiger charge is 2.27. The van der Waals surface area contributed by atoms with Crippen LogP contribution in [0.4, 0.5) is 0 Å². The summed E-state index contributed by atoms with van der Waals surface area (Å²) in [6, 6.07) is 8.38. The SMILES string of the molecule is NCC1CCCN1C(=O)COc1ccc(C2SCCCS2)cc1. The van der Waals surface area contributed by atoms with E-state index in [2.05, 4.69) is 12.1 Å². The normalized spacial score (nSPS) is 22.3. The zero-order valence-electron chi connectivity index (χ0n) is 13.3. The smallest absolute Gasteiger partial charge is 0.260 e. The fourth-order valence-electron chi connectivity index (χ4n) is 3.04. The number of ether oxygens (including phenoxy) is 1. The van der Waals surface area contributed by atoms with E-state index in [1.165, 1.54) is 23.5 Å². The molecular weight excluding hydrogens is 328 g/mol. The number of thioether (sulfide) groups is 2. The second-order valence-corrected chi connectivity index (χ2v) is 8.63. The third-order valence-corrected chi connectivity index (χ3v) is 7.33. The zero-order chi connectivity index (χ0) is 16.1. The van der Waals surface area contributed by atoms with Crippen molar-refractivity contribution in [3.8, 4) is 5.75 Å². The van der Waals surface area contributed by atoms with E-state index >= 15 is 0 Å². The fourth-order valence-corrected chi connectivity index (χ4v) is 5.93. The molecule has 1 aromatic rings. The molecule has 2 fully saturated rings. The van der Waals surface area contributed by atoms with Crippen LogP contribution in [0.1, 0.15) is 29.4 Å². The van der Waals surface area contributed by atoms with Gasteiger partial charge >= 0.3 is 0 Å². The average Bonchev–Trinajstić information content (AvgIpc) is 3.10. The van der Waals surface area contributed by atoms with Crippen LogP contribution < -0.4 is 10.5 Å². The molecule has 126 valence electrons. The van der Waals surface area contributed by atoms with E-state index in [4.69, 9.17) is 10.5 Å². The summed E-state index contributed by atoms with van der Waals surface area (Å²) in [4.78, 5) is 14.1. The number of amides is 1. The van der Waals surface area contributed by atoms with Crippen molar-refractivity contribution < 1.29 is 9.53 Å². The van der Waals surface area contributed by atoms with Gasteiger partial charge in [0.15, 0.2) is 6.61 Å². The molecule has 2 saturated heterocycles. The lowest BCUT2D eigenvalue weighted by molar-refractivity contribution is -0.134. The minimum absolute atomic E-state index is 0.0421. The van der Waals surface area contributed by atoms with Gasteiger partial charge in [0.25, 0.3) is 5.91 Å². The van der Waals surface area contributed by atoms with Crippen molar-refractivity contribution in [3.05, 3.63) is 29.8 Å². The van der Waals surface area contributed by atoms with E-state index in [1.54, 1.807) is 0 Å². The first kappa shape index (κ1) is 17.0. The van der Waals surface area contributed by atoms with Crippen LogP contribution in [-0.2, 0) is 4.79 Å². The minimum atomic E-state index is 0.0421. The molecular formula is C17H24N2O2S2. The number of nitrogens with two attached hydrogens (primary N) is 1. The lowest BCUT2D eigenvalue weighted by atomic mass is 10.2. The van der Waals surface area contributed by atoms with Crippen LogP contribution in [0.5, 0.6) is 5.75 Å².